The molecule has 0 aromatic carbocycles. The summed E-state index contributed by atoms with van der Waals surface area (Å²) in [6.07, 6.45) is 3.82. The molecule has 19 heavy (non-hydrogen) atoms. The second-order valence-electron chi connectivity index (χ2n) is 4.98. The van der Waals surface area contributed by atoms with Crippen LogP contribution in [0.25, 0.3) is 0 Å². The molecule has 104 valence electrons. The zero-order valence-corrected chi connectivity index (χ0v) is 11.3. The Balaban J connectivity index is 2.21. The highest BCUT2D eigenvalue weighted by Crippen LogP contribution is 2.28. The average molecular weight is 263 g/mol. The first-order valence-electron chi connectivity index (χ1n) is 6.84. The number of rotatable bonds is 6. The number of carbonyl (C=O) groups is 1. The fourth-order valence-electron chi connectivity index (χ4n) is 2.23. The van der Waals surface area contributed by atoms with Crippen molar-refractivity contribution in [3.63, 3.8) is 0 Å². The van der Waals surface area contributed by atoms with Crippen molar-refractivity contribution in [2.45, 2.75) is 38.6 Å². The van der Waals surface area contributed by atoms with E-state index in [4.69, 9.17) is 10.8 Å². The standard InChI is InChI=1S/C14H21N3O2/c1-2-3-11-8-10(9-13(15)16-11)14(19)17(6-7-18)12-4-5-12/h8-9,12,18H,2-7H2,1H3,(H2,15,16). The molecule has 0 spiro atoms. The van der Waals surface area contributed by atoms with Crippen LogP contribution in [0.15, 0.2) is 12.1 Å². The van der Waals surface area contributed by atoms with Crippen molar-refractivity contribution in [1.82, 2.24) is 9.88 Å². The molecular formula is C14H21N3O2. The predicted octanol–water partition coefficient (Wildman–Crippen LogP) is 1.21. The van der Waals surface area contributed by atoms with Gasteiger partial charge in [0.15, 0.2) is 0 Å². The second-order valence-corrected chi connectivity index (χ2v) is 4.98. The molecule has 0 unspecified atom stereocenters. The first kappa shape index (κ1) is 13.8. The van der Waals surface area contributed by atoms with Crippen molar-refractivity contribution in [3.05, 3.63) is 23.4 Å². The molecule has 5 nitrogen and oxygen atoms in total. The minimum atomic E-state index is -0.0528. The minimum absolute atomic E-state index is 0.00930. The number of hydrogen-bond donors (Lipinski definition) is 2. The monoisotopic (exact) mass is 263 g/mol. The van der Waals surface area contributed by atoms with Crippen molar-refractivity contribution < 1.29 is 9.90 Å². The van der Waals surface area contributed by atoms with E-state index in [0.29, 0.717) is 17.9 Å². The Labute approximate surface area is 113 Å². The molecule has 0 radical (unpaired) electrons. The van der Waals surface area contributed by atoms with Gasteiger partial charge in [0, 0.05) is 23.8 Å². The van der Waals surface area contributed by atoms with E-state index < -0.39 is 0 Å². The van der Waals surface area contributed by atoms with Gasteiger partial charge in [-0.1, -0.05) is 13.3 Å². The van der Waals surface area contributed by atoms with Crippen LogP contribution in [0.4, 0.5) is 5.82 Å². The first-order chi connectivity index (χ1) is 9.15. The van der Waals surface area contributed by atoms with Crippen LogP contribution in [0, 0.1) is 0 Å². The summed E-state index contributed by atoms with van der Waals surface area (Å²) in [4.78, 5) is 18.4. The molecule has 1 saturated carbocycles. The second kappa shape index (κ2) is 6.02. The lowest BCUT2D eigenvalue weighted by molar-refractivity contribution is 0.0707. The largest absolute Gasteiger partial charge is 0.395 e. The van der Waals surface area contributed by atoms with Crippen molar-refractivity contribution in [1.29, 1.82) is 0 Å². The summed E-state index contributed by atoms with van der Waals surface area (Å²) in [5, 5.41) is 9.07. The maximum absolute atomic E-state index is 12.5. The van der Waals surface area contributed by atoms with Gasteiger partial charge in [-0.05, 0) is 31.4 Å². The Hall–Kier alpha value is -1.62. The number of aliphatic hydroxyl groups is 1. The average Bonchev–Trinajstić information content (AvgIpc) is 3.19. The highest BCUT2D eigenvalue weighted by atomic mass is 16.3. The van der Waals surface area contributed by atoms with Crippen LogP contribution in [0.2, 0.25) is 0 Å². The zero-order valence-electron chi connectivity index (χ0n) is 11.3. The van der Waals surface area contributed by atoms with Crippen molar-refractivity contribution in [3.8, 4) is 0 Å². The quantitative estimate of drug-likeness (QED) is 0.808. The fraction of sp³-hybridized carbons (Fsp3) is 0.571. The molecular weight excluding hydrogens is 242 g/mol. The third-order valence-corrected chi connectivity index (χ3v) is 3.24. The van der Waals surface area contributed by atoms with Crippen LogP contribution in [0.5, 0.6) is 0 Å². The number of amides is 1. The van der Waals surface area contributed by atoms with E-state index in [1.807, 2.05) is 6.07 Å². The Kier molecular flexibility index (Phi) is 4.37. The number of nitrogens with two attached hydrogens (primary N) is 1. The summed E-state index contributed by atoms with van der Waals surface area (Å²) in [5.41, 5.74) is 7.19. The van der Waals surface area contributed by atoms with Crippen LogP contribution < -0.4 is 5.73 Å². The van der Waals surface area contributed by atoms with Crippen LogP contribution >= 0.6 is 0 Å². The molecule has 2 rings (SSSR count). The van der Waals surface area contributed by atoms with Crippen LogP contribution in [0.3, 0.4) is 0 Å². The summed E-state index contributed by atoms with van der Waals surface area (Å²) >= 11 is 0. The van der Waals surface area contributed by atoms with Crippen molar-refractivity contribution >= 4 is 11.7 Å². The number of anilines is 1. The number of hydrogen-bond acceptors (Lipinski definition) is 4. The van der Waals surface area contributed by atoms with Crippen LogP contribution in [-0.2, 0) is 6.42 Å². The van der Waals surface area contributed by atoms with E-state index >= 15 is 0 Å². The minimum Gasteiger partial charge on any atom is -0.395 e. The van der Waals surface area contributed by atoms with Gasteiger partial charge >= 0.3 is 0 Å². The normalized spacial score (nSPS) is 14.4. The lowest BCUT2D eigenvalue weighted by Crippen LogP contribution is -2.35. The van der Waals surface area contributed by atoms with Crippen molar-refractivity contribution in [2.24, 2.45) is 0 Å². The summed E-state index contributed by atoms with van der Waals surface area (Å²) in [6.45, 7) is 2.44. The van der Waals surface area contributed by atoms with Gasteiger partial charge in [-0.15, -0.1) is 0 Å². The molecule has 0 aliphatic heterocycles. The first-order valence-corrected chi connectivity index (χ1v) is 6.84. The van der Waals surface area contributed by atoms with E-state index in [-0.39, 0.29) is 18.6 Å². The van der Waals surface area contributed by atoms with Crippen LogP contribution in [0.1, 0.15) is 42.2 Å². The highest BCUT2D eigenvalue weighted by molar-refractivity contribution is 5.95. The molecule has 1 aromatic heterocycles. The topological polar surface area (TPSA) is 79.5 Å². The van der Waals surface area contributed by atoms with Gasteiger partial charge in [0.1, 0.15) is 5.82 Å². The smallest absolute Gasteiger partial charge is 0.254 e. The summed E-state index contributed by atoms with van der Waals surface area (Å²) in [5.74, 6) is 0.331. The third-order valence-electron chi connectivity index (χ3n) is 3.24. The molecule has 0 atom stereocenters. The molecule has 1 aromatic rings. The number of nitrogens with zero attached hydrogens (tertiary/aromatic N) is 2. The van der Waals surface area contributed by atoms with Gasteiger partial charge in [0.05, 0.1) is 6.61 Å². The summed E-state index contributed by atoms with van der Waals surface area (Å²) < 4.78 is 0. The molecule has 3 N–H and O–H groups in total. The van der Waals surface area contributed by atoms with Gasteiger partial charge in [-0.25, -0.2) is 4.98 Å². The lowest BCUT2D eigenvalue weighted by atomic mass is 10.1. The third kappa shape index (κ3) is 3.44. The predicted molar refractivity (Wildman–Crippen MR) is 73.8 cm³/mol. The molecule has 0 saturated heterocycles. The van der Waals surface area contributed by atoms with Crippen molar-refractivity contribution in [2.75, 3.05) is 18.9 Å². The Morgan fingerprint density at radius 2 is 2.26 bits per heavy atom. The molecule has 1 aliphatic rings. The number of carbonyl (C=O) groups excluding carboxylic acids is 1. The van der Waals surface area contributed by atoms with E-state index in [0.717, 1.165) is 31.4 Å². The molecule has 1 heterocycles. The molecule has 0 bridgehead atoms. The Morgan fingerprint density at radius 1 is 1.53 bits per heavy atom. The Morgan fingerprint density at radius 3 is 2.84 bits per heavy atom. The summed E-state index contributed by atoms with van der Waals surface area (Å²) in [7, 11) is 0. The lowest BCUT2D eigenvalue weighted by Gasteiger charge is -2.21. The number of nitrogen functional groups attached to an aromatic ring is 1. The molecule has 1 fully saturated rings. The maximum atomic E-state index is 12.5. The number of aliphatic hydroxyl groups excluding tert-OH is 1. The molecule has 1 amide bonds. The highest BCUT2D eigenvalue weighted by Gasteiger charge is 2.32. The van der Waals surface area contributed by atoms with Gasteiger partial charge in [0.2, 0.25) is 0 Å². The maximum Gasteiger partial charge on any atom is 0.254 e. The zero-order chi connectivity index (χ0) is 13.8. The van der Waals surface area contributed by atoms with Crippen LogP contribution in [-0.4, -0.2) is 40.1 Å². The van der Waals surface area contributed by atoms with Gasteiger partial charge in [-0.3, -0.25) is 4.79 Å². The van der Waals surface area contributed by atoms with E-state index in [1.165, 1.54) is 0 Å². The van der Waals surface area contributed by atoms with Gasteiger partial charge in [0.25, 0.3) is 5.91 Å². The van der Waals surface area contributed by atoms with E-state index in [1.54, 1.807) is 11.0 Å². The van der Waals surface area contributed by atoms with Gasteiger partial charge < -0.3 is 15.7 Å². The SMILES string of the molecule is CCCc1cc(C(=O)N(CCO)C2CC2)cc(N)n1. The molecule has 1 aliphatic carbocycles. The Bertz CT molecular complexity index is 458. The van der Waals surface area contributed by atoms with E-state index in [2.05, 4.69) is 11.9 Å². The molecule has 5 heteroatoms. The fourth-order valence-corrected chi connectivity index (χ4v) is 2.23. The number of pyridine rings is 1. The van der Waals surface area contributed by atoms with E-state index in [9.17, 15) is 4.79 Å². The summed E-state index contributed by atoms with van der Waals surface area (Å²) in [6, 6.07) is 3.71. The number of aromatic nitrogens is 1. The van der Waals surface area contributed by atoms with Gasteiger partial charge in [-0.2, -0.15) is 0 Å². The number of aryl methyl sites for hydroxylation is 1.